The van der Waals surface area contributed by atoms with Crippen LogP contribution in [0.5, 0.6) is 0 Å². The first-order valence-corrected chi connectivity index (χ1v) is 30.8. The van der Waals surface area contributed by atoms with E-state index >= 15 is 0 Å². The Balaban J connectivity index is 4.36. The molecule has 0 aromatic carbocycles. The van der Waals surface area contributed by atoms with Gasteiger partial charge in [0.1, 0.15) is 13.2 Å². The van der Waals surface area contributed by atoms with Gasteiger partial charge in [0.15, 0.2) is 6.10 Å². The van der Waals surface area contributed by atoms with Crippen LogP contribution in [0, 0.1) is 0 Å². The summed E-state index contributed by atoms with van der Waals surface area (Å²) < 4.78 is 16.9. The summed E-state index contributed by atoms with van der Waals surface area (Å²) in [5.41, 5.74) is 0. The fourth-order valence-electron chi connectivity index (χ4n) is 8.79. The van der Waals surface area contributed by atoms with Crippen LogP contribution in [0.2, 0.25) is 0 Å². The zero-order valence-corrected chi connectivity index (χ0v) is 47.2. The number of hydrogen-bond donors (Lipinski definition) is 0. The summed E-state index contributed by atoms with van der Waals surface area (Å²) in [7, 11) is 0. The summed E-state index contributed by atoms with van der Waals surface area (Å²) in [5.74, 6) is -0.876. The SMILES string of the molecule is CCCCC/C=C\C/C=C\CCCCCCCCCCCC(=O)OCC(COC(=O)CCCCCCCCCCC/C=C\C/C=C\CCCCC)OC(=O)CCCCCCCCC/C=C\CCCCCC. The number of esters is 3. The average Bonchev–Trinajstić information content (AvgIpc) is 3.37. The maximum absolute atomic E-state index is 12.9. The van der Waals surface area contributed by atoms with Crippen molar-refractivity contribution in [1.29, 1.82) is 0 Å². The zero-order valence-electron chi connectivity index (χ0n) is 47.2. The molecule has 0 rings (SSSR count). The van der Waals surface area contributed by atoms with Gasteiger partial charge in [0.05, 0.1) is 0 Å². The minimum Gasteiger partial charge on any atom is -0.462 e. The number of hydrogen-bond acceptors (Lipinski definition) is 6. The molecule has 0 aromatic heterocycles. The van der Waals surface area contributed by atoms with Gasteiger partial charge in [-0.3, -0.25) is 14.4 Å². The summed E-state index contributed by atoms with van der Waals surface area (Å²) in [5, 5.41) is 0. The van der Waals surface area contributed by atoms with E-state index in [1.165, 1.54) is 205 Å². The molecule has 0 aliphatic rings. The fraction of sp³-hybridized carbons (Fsp3) is 0.800. The standard InChI is InChI=1S/C65H116O6/c1-4-7-10-13-16-19-22-25-28-30-32-34-37-39-42-45-48-51-54-57-63(66)69-60-62(71-65(68)59-56-53-50-47-44-41-36-27-24-21-18-15-12-9-6-3)61-70-64(67)58-55-52-49-46-43-40-38-35-33-31-29-26-23-20-17-14-11-8-5-2/h16-17,19-21,24-26,28-29,62H,4-15,18,22-23,27,30-61H2,1-3H3/b19-16-,20-17-,24-21-,28-25-,29-26-. The van der Waals surface area contributed by atoms with E-state index in [4.69, 9.17) is 14.2 Å². The van der Waals surface area contributed by atoms with Crippen LogP contribution in [0.4, 0.5) is 0 Å². The van der Waals surface area contributed by atoms with Crippen molar-refractivity contribution in [2.75, 3.05) is 13.2 Å². The van der Waals surface area contributed by atoms with Crippen LogP contribution in [0.15, 0.2) is 60.8 Å². The molecule has 0 aliphatic carbocycles. The Kier molecular flexibility index (Phi) is 57.2. The number of carbonyl (C=O) groups is 3. The number of rotatable bonds is 56. The van der Waals surface area contributed by atoms with E-state index < -0.39 is 6.10 Å². The molecule has 71 heavy (non-hydrogen) atoms. The number of unbranched alkanes of at least 4 members (excludes halogenated alkanes) is 35. The molecule has 0 atom stereocenters. The normalized spacial score (nSPS) is 12.1. The van der Waals surface area contributed by atoms with Gasteiger partial charge in [0, 0.05) is 19.3 Å². The molecule has 0 radical (unpaired) electrons. The first-order valence-electron chi connectivity index (χ1n) is 30.8. The molecule has 412 valence electrons. The maximum Gasteiger partial charge on any atom is 0.306 e. The van der Waals surface area contributed by atoms with Crippen molar-refractivity contribution in [2.24, 2.45) is 0 Å². The maximum atomic E-state index is 12.9. The molecule has 6 nitrogen and oxygen atoms in total. The molecule has 0 saturated heterocycles. The van der Waals surface area contributed by atoms with Gasteiger partial charge in [0.25, 0.3) is 0 Å². The molecule has 0 fully saturated rings. The first kappa shape index (κ1) is 68.1. The molecule has 0 amide bonds. The van der Waals surface area contributed by atoms with Crippen molar-refractivity contribution in [3.8, 4) is 0 Å². The van der Waals surface area contributed by atoms with Crippen molar-refractivity contribution < 1.29 is 28.6 Å². The lowest BCUT2D eigenvalue weighted by molar-refractivity contribution is -0.167. The van der Waals surface area contributed by atoms with E-state index in [1.807, 2.05) is 0 Å². The molecule has 0 heterocycles. The molecule has 0 bridgehead atoms. The fourth-order valence-corrected chi connectivity index (χ4v) is 8.79. The van der Waals surface area contributed by atoms with Crippen LogP contribution >= 0.6 is 0 Å². The van der Waals surface area contributed by atoms with Gasteiger partial charge in [0.2, 0.25) is 0 Å². The Labute approximate surface area is 440 Å². The molecular formula is C65H116O6. The third kappa shape index (κ3) is 57.9. The minimum absolute atomic E-state index is 0.0780. The lowest BCUT2D eigenvalue weighted by Crippen LogP contribution is -2.30. The number of allylic oxidation sites excluding steroid dienone is 10. The van der Waals surface area contributed by atoms with Crippen LogP contribution in [0.3, 0.4) is 0 Å². The molecule has 0 spiro atoms. The molecule has 0 saturated carbocycles. The van der Waals surface area contributed by atoms with E-state index in [0.29, 0.717) is 19.3 Å². The topological polar surface area (TPSA) is 78.9 Å². The Morgan fingerprint density at radius 3 is 0.817 bits per heavy atom. The van der Waals surface area contributed by atoms with E-state index in [9.17, 15) is 14.4 Å². The van der Waals surface area contributed by atoms with Crippen LogP contribution in [0.25, 0.3) is 0 Å². The monoisotopic (exact) mass is 993 g/mol. The van der Waals surface area contributed by atoms with Crippen molar-refractivity contribution in [1.82, 2.24) is 0 Å². The molecule has 0 unspecified atom stereocenters. The number of ether oxygens (including phenoxy) is 3. The Morgan fingerprint density at radius 1 is 0.282 bits per heavy atom. The van der Waals surface area contributed by atoms with Gasteiger partial charge in [-0.05, 0) is 109 Å². The smallest absolute Gasteiger partial charge is 0.306 e. The second kappa shape index (κ2) is 59.7. The van der Waals surface area contributed by atoms with Gasteiger partial charge in [-0.2, -0.15) is 0 Å². The highest BCUT2D eigenvalue weighted by molar-refractivity contribution is 5.71. The second-order valence-electron chi connectivity index (χ2n) is 20.6. The molecule has 0 aliphatic heterocycles. The third-order valence-electron chi connectivity index (χ3n) is 13.5. The number of carbonyl (C=O) groups excluding carboxylic acids is 3. The molecule has 0 N–H and O–H groups in total. The summed E-state index contributed by atoms with van der Waals surface area (Å²) in [6.45, 7) is 6.60. The lowest BCUT2D eigenvalue weighted by Gasteiger charge is -2.18. The first-order chi connectivity index (χ1) is 35.0. The predicted molar refractivity (Wildman–Crippen MR) is 307 cm³/mol. The third-order valence-corrected chi connectivity index (χ3v) is 13.5. The van der Waals surface area contributed by atoms with Gasteiger partial charge in [-0.1, -0.05) is 248 Å². The summed E-state index contributed by atoms with van der Waals surface area (Å²) >= 11 is 0. The lowest BCUT2D eigenvalue weighted by atomic mass is 10.1. The zero-order chi connectivity index (χ0) is 51.4. The van der Waals surface area contributed by atoms with Crippen molar-refractivity contribution in [3.63, 3.8) is 0 Å². The van der Waals surface area contributed by atoms with Gasteiger partial charge >= 0.3 is 17.9 Å². The highest BCUT2D eigenvalue weighted by atomic mass is 16.6. The van der Waals surface area contributed by atoms with Crippen LogP contribution in [-0.2, 0) is 28.6 Å². The van der Waals surface area contributed by atoms with Crippen LogP contribution in [-0.4, -0.2) is 37.2 Å². The van der Waals surface area contributed by atoms with Crippen LogP contribution in [0.1, 0.15) is 316 Å². The molecule has 0 aromatic rings. The minimum atomic E-state index is -0.780. The summed E-state index contributed by atoms with van der Waals surface area (Å²) in [6.07, 6.45) is 74.9. The van der Waals surface area contributed by atoms with E-state index in [0.717, 1.165) is 70.6 Å². The molecular weight excluding hydrogens is 877 g/mol. The van der Waals surface area contributed by atoms with Crippen molar-refractivity contribution >= 4 is 17.9 Å². The van der Waals surface area contributed by atoms with Gasteiger partial charge < -0.3 is 14.2 Å². The Hall–Kier alpha value is -2.89. The highest BCUT2D eigenvalue weighted by Crippen LogP contribution is 2.16. The average molecular weight is 994 g/mol. The highest BCUT2D eigenvalue weighted by Gasteiger charge is 2.19. The predicted octanol–water partition coefficient (Wildman–Crippen LogP) is 20.8. The van der Waals surface area contributed by atoms with Crippen LogP contribution < -0.4 is 0 Å². The van der Waals surface area contributed by atoms with Gasteiger partial charge in [-0.25, -0.2) is 0 Å². The van der Waals surface area contributed by atoms with E-state index in [-0.39, 0.29) is 31.1 Å². The van der Waals surface area contributed by atoms with Gasteiger partial charge in [-0.15, -0.1) is 0 Å². The Morgan fingerprint density at radius 2 is 0.507 bits per heavy atom. The van der Waals surface area contributed by atoms with E-state index in [2.05, 4.69) is 81.5 Å². The largest absolute Gasteiger partial charge is 0.462 e. The Bertz CT molecular complexity index is 1210. The summed E-state index contributed by atoms with van der Waals surface area (Å²) in [6, 6.07) is 0. The van der Waals surface area contributed by atoms with Crippen molar-refractivity contribution in [2.45, 2.75) is 322 Å². The second-order valence-corrected chi connectivity index (χ2v) is 20.6. The molecule has 6 heteroatoms. The quantitative estimate of drug-likeness (QED) is 0.0261. The summed E-state index contributed by atoms with van der Waals surface area (Å²) in [4.78, 5) is 38.3. The van der Waals surface area contributed by atoms with E-state index in [1.54, 1.807) is 0 Å². The van der Waals surface area contributed by atoms with Crippen molar-refractivity contribution in [3.05, 3.63) is 60.8 Å².